The van der Waals surface area contributed by atoms with Crippen molar-refractivity contribution in [3.63, 3.8) is 0 Å². The van der Waals surface area contributed by atoms with Gasteiger partial charge in [-0.25, -0.2) is 0 Å². The predicted octanol–water partition coefficient (Wildman–Crippen LogP) is 3.03. The quantitative estimate of drug-likeness (QED) is 0.847. The van der Waals surface area contributed by atoms with Crippen molar-refractivity contribution in [1.82, 2.24) is 5.32 Å². The van der Waals surface area contributed by atoms with Crippen LogP contribution in [0.5, 0.6) is 0 Å². The predicted molar refractivity (Wildman–Crippen MR) is 67.9 cm³/mol. The fraction of sp³-hybridized carbons (Fsp3) is 0.308. The van der Waals surface area contributed by atoms with Gasteiger partial charge >= 0.3 is 0 Å². The molecule has 1 N–H and O–H groups in total. The lowest BCUT2D eigenvalue weighted by Gasteiger charge is -2.11. The molecule has 0 heterocycles. The minimum atomic E-state index is 0.141. The molecule has 0 saturated heterocycles. The number of allylic oxidation sites excluding steroid dienone is 2. The van der Waals surface area contributed by atoms with E-state index < -0.39 is 0 Å². The Labute approximate surface area is 104 Å². The number of halogens is 1. The van der Waals surface area contributed by atoms with Crippen LogP contribution in [0.25, 0.3) is 0 Å². The summed E-state index contributed by atoms with van der Waals surface area (Å²) in [6, 6.07) is 7.94. The summed E-state index contributed by atoms with van der Waals surface area (Å²) in [5.41, 5.74) is 1.11. The van der Waals surface area contributed by atoms with E-state index in [1.807, 2.05) is 24.3 Å². The summed E-state index contributed by atoms with van der Waals surface area (Å²) >= 11 is 3.47. The first kappa shape index (κ1) is 11.4. The summed E-state index contributed by atoms with van der Waals surface area (Å²) in [4.78, 5) is 11.8. The lowest BCUT2D eigenvalue weighted by molar-refractivity contribution is -0.124. The molecular formula is C13H14BrNO. The van der Waals surface area contributed by atoms with Crippen LogP contribution in [0.3, 0.4) is 0 Å². The van der Waals surface area contributed by atoms with E-state index in [1.165, 1.54) is 0 Å². The third-order valence-corrected chi connectivity index (χ3v) is 3.56. The van der Waals surface area contributed by atoms with Crippen molar-refractivity contribution in [3.8, 4) is 0 Å². The number of nitrogens with one attached hydrogen (secondary N) is 1. The SMILES string of the molecule is O=C(NCc1ccccc1Br)C1CC=CC1. The molecule has 0 bridgehead atoms. The minimum Gasteiger partial charge on any atom is -0.352 e. The third-order valence-electron chi connectivity index (χ3n) is 2.79. The van der Waals surface area contributed by atoms with Gasteiger partial charge in [0.1, 0.15) is 0 Å². The molecule has 1 aromatic rings. The van der Waals surface area contributed by atoms with E-state index in [-0.39, 0.29) is 11.8 Å². The van der Waals surface area contributed by atoms with E-state index in [9.17, 15) is 4.79 Å². The maximum absolute atomic E-state index is 11.8. The van der Waals surface area contributed by atoms with Crippen LogP contribution in [0, 0.1) is 5.92 Å². The number of benzene rings is 1. The van der Waals surface area contributed by atoms with Gasteiger partial charge in [-0.15, -0.1) is 0 Å². The second kappa shape index (κ2) is 5.30. The van der Waals surface area contributed by atoms with Gasteiger partial charge in [-0.05, 0) is 24.5 Å². The van der Waals surface area contributed by atoms with Gasteiger partial charge in [0.25, 0.3) is 0 Å². The van der Waals surface area contributed by atoms with Crippen LogP contribution < -0.4 is 5.32 Å². The Balaban J connectivity index is 1.87. The van der Waals surface area contributed by atoms with E-state index in [2.05, 4.69) is 33.4 Å². The molecule has 0 spiro atoms. The average Bonchev–Trinajstić information content (AvgIpc) is 2.81. The summed E-state index contributed by atoms with van der Waals surface area (Å²) in [5.74, 6) is 0.295. The van der Waals surface area contributed by atoms with E-state index in [0.29, 0.717) is 6.54 Å². The van der Waals surface area contributed by atoms with Crippen LogP contribution in [0.4, 0.5) is 0 Å². The third kappa shape index (κ3) is 2.73. The highest BCUT2D eigenvalue weighted by molar-refractivity contribution is 9.10. The normalized spacial score (nSPS) is 15.3. The van der Waals surface area contributed by atoms with Crippen LogP contribution in [0.1, 0.15) is 18.4 Å². The number of carbonyl (C=O) groups is 1. The van der Waals surface area contributed by atoms with E-state index in [4.69, 9.17) is 0 Å². The molecule has 0 fully saturated rings. The number of hydrogen-bond acceptors (Lipinski definition) is 1. The van der Waals surface area contributed by atoms with Gasteiger partial charge < -0.3 is 5.32 Å². The monoisotopic (exact) mass is 279 g/mol. The molecule has 1 aromatic carbocycles. The molecule has 1 aliphatic carbocycles. The highest BCUT2D eigenvalue weighted by Gasteiger charge is 2.18. The van der Waals surface area contributed by atoms with Crippen molar-refractivity contribution in [3.05, 3.63) is 46.5 Å². The number of hydrogen-bond donors (Lipinski definition) is 1. The molecule has 16 heavy (non-hydrogen) atoms. The Morgan fingerprint density at radius 3 is 2.69 bits per heavy atom. The molecule has 0 aromatic heterocycles. The summed E-state index contributed by atoms with van der Waals surface area (Å²) in [7, 11) is 0. The van der Waals surface area contributed by atoms with Gasteiger partial charge in [0.2, 0.25) is 5.91 Å². The molecule has 2 rings (SSSR count). The Bertz CT molecular complexity index is 406. The van der Waals surface area contributed by atoms with Crippen molar-refractivity contribution in [2.45, 2.75) is 19.4 Å². The standard InChI is InChI=1S/C13H14BrNO/c14-12-8-4-3-7-11(12)9-15-13(16)10-5-1-2-6-10/h1-4,7-8,10H,5-6,9H2,(H,15,16). The lowest BCUT2D eigenvalue weighted by atomic mass is 10.1. The molecule has 3 heteroatoms. The molecule has 1 aliphatic rings. The molecule has 0 radical (unpaired) electrons. The van der Waals surface area contributed by atoms with Crippen molar-refractivity contribution < 1.29 is 4.79 Å². The Kier molecular flexibility index (Phi) is 3.78. The average molecular weight is 280 g/mol. The van der Waals surface area contributed by atoms with Crippen LogP contribution in [0.15, 0.2) is 40.9 Å². The molecule has 0 saturated carbocycles. The van der Waals surface area contributed by atoms with Gasteiger partial charge in [0.05, 0.1) is 0 Å². The Hall–Kier alpha value is -1.09. The highest BCUT2D eigenvalue weighted by atomic mass is 79.9. The van der Waals surface area contributed by atoms with Gasteiger partial charge in [-0.1, -0.05) is 46.3 Å². The summed E-state index contributed by atoms with van der Waals surface area (Å²) in [6.07, 6.45) is 5.90. The lowest BCUT2D eigenvalue weighted by Crippen LogP contribution is -2.29. The van der Waals surface area contributed by atoms with Gasteiger partial charge in [-0.3, -0.25) is 4.79 Å². The van der Waals surface area contributed by atoms with Crippen molar-refractivity contribution in [1.29, 1.82) is 0 Å². The van der Waals surface area contributed by atoms with Crippen LogP contribution in [-0.4, -0.2) is 5.91 Å². The second-order valence-corrected chi connectivity index (χ2v) is 4.80. The van der Waals surface area contributed by atoms with E-state index in [0.717, 1.165) is 22.9 Å². The van der Waals surface area contributed by atoms with Crippen molar-refractivity contribution in [2.75, 3.05) is 0 Å². The smallest absolute Gasteiger partial charge is 0.224 e. The number of rotatable bonds is 3. The summed E-state index contributed by atoms with van der Waals surface area (Å²) < 4.78 is 1.04. The second-order valence-electron chi connectivity index (χ2n) is 3.95. The van der Waals surface area contributed by atoms with Gasteiger partial charge in [0.15, 0.2) is 0 Å². The van der Waals surface area contributed by atoms with Crippen molar-refractivity contribution >= 4 is 21.8 Å². The topological polar surface area (TPSA) is 29.1 Å². The zero-order valence-electron chi connectivity index (χ0n) is 8.95. The van der Waals surface area contributed by atoms with E-state index >= 15 is 0 Å². The molecular weight excluding hydrogens is 266 g/mol. The number of carbonyl (C=O) groups excluding carboxylic acids is 1. The van der Waals surface area contributed by atoms with Gasteiger partial charge in [0, 0.05) is 16.9 Å². The first-order chi connectivity index (χ1) is 7.77. The summed E-state index contributed by atoms with van der Waals surface area (Å²) in [6.45, 7) is 0.594. The first-order valence-electron chi connectivity index (χ1n) is 5.43. The van der Waals surface area contributed by atoms with Gasteiger partial charge in [-0.2, -0.15) is 0 Å². The largest absolute Gasteiger partial charge is 0.352 e. The molecule has 2 nitrogen and oxygen atoms in total. The van der Waals surface area contributed by atoms with E-state index in [1.54, 1.807) is 0 Å². The maximum Gasteiger partial charge on any atom is 0.224 e. The first-order valence-corrected chi connectivity index (χ1v) is 6.23. The number of amides is 1. The minimum absolute atomic E-state index is 0.141. The van der Waals surface area contributed by atoms with Crippen LogP contribution in [0.2, 0.25) is 0 Å². The van der Waals surface area contributed by atoms with Crippen LogP contribution in [-0.2, 0) is 11.3 Å². The molecule has 1 amide bonds. The highest BCUT2D eigenvalue weighted by Crippen LogP contribution is 2.19. The fourth-order valence-corrected chi connectivity index (χ4v) is 2.22. The van der Waals surface area contributed by atoms with Crippen molar-refractivity contribution in [2.24, 2.45) is 5.92 Å². The zero-order valence-corrected chi connectivity index (χ0v) is 10.5. The Morgan fingerprint density at radius 1 is 1.31 bits per heavy atom. The maximum atomic E-state index is 11.8. The fourth-order valence-electron chi connectivity index (χ4n) is 1.80. The zero-order chi connectivity index (χ0) is 11.4. The molecule has 0 aliphatic heterocycles. The molecule has 0 unspecified atom stereocenters. The Morgan fingerprint density at radius 2 is 2.00 bits per heavy atom. The van der Waals surface area contributed by atoms with Crippen LogP contribution >= 0.6 is 15.9 Å². The summed E-state index contributed by atoms with van der Waals surface area (Å²) in [5, 5.41) is 2.97. The molecule has 0 atom stereocenters. The molecule has 84 valence electrons.